The zero-order valence-corrected chi connectivity index (χ0v) is 12.7. The minimum atomic E-state index is 0.0541. The number of ether oxygens (including phenoxy) is 1. The molecule has 0 aliphatic rings. The van der Waals surface area contributed by atoms with Crippen molar-refractivity contribution in [2.45, 2.75) is 39.7 Å². The van der Waals surface area contributed by atoms with E-state index in [1.807, 2.05) is 30.3 Å². The van der Waals surface area contributed by atoms with Crippen LogP contribution in [-0.2, 0) is 12.0 Å². The first-order chi connectivity index (χ1) is 9.40. The van der Waals surface area contributed by atoms with Gasteiger partial charge in [0.15, 0.2) is 0 Å². The second-order valence-corrected chi connectivity index (χ2v) is 6.20. The highest BCUT2D eigenvalue weighted by Gasteiger charge is 2.19. The molecule has 0 aliphatic carbocycles. The number of hydrogen-bond donors (Lipinski definition) is 1. The van der Waals surface area contributed by atoms with Crippen LogP contribution in [0.2, 0.25) is 0 Å². The van der Waals surface area contributed by atoms with Crippen LogP contribution in [0, 0.1) is 6.92 Å². The van der Waals surface area contributed by atoms with Crippen molar-refractivity contribution in [2.24, 2.45) is 5.73 Å². The SMILES string of the molecule is Cc1ccc(Oc2ccc(CN)cc2)c(C(C)(C)C)c1. The van der Waals surface area contributed by atoms with Crippen molar-refractivity contribution in [3.63, 3.8) is 0 Å². The van der Waals surface area contributed by atoms with Crippen molar-refractivity contribution in [1.29, 1.82) is 0 Å². The summed E-state index contributed by atoms with van der Waals surface area (Å²) in [6.07, 6.45) is 0. The predicted molar refractivity (Wildman–Crippen MR) is 84.3 cm³/mol. The molecular formula is C18H23NO. The zero-order valence-electron chi connectivity index (χ0n) is 12.7. The van der Waals surface area contributed by atoms with Gasteiger partial charge in [-0.3, -0.25) is 0 Å². The van der Waals surface area contributed by atoms with Gasteiger partial charge in [-0.05, 0) is 36.1 Å². The summed E-state index contributed by atoms with van der Waals surface area (Å²) < 4.78 is 6.05. The molecule has 2 nitrogen and oxygen atoms in total. The molecule has 0 bridgehead atoms. The second-order valence-electron chi connectivity index (χ2n) is 6.20. The Balaban J connectivity index is 2.32. The average Bonchev–Trinajstić information content (AvgIpc) is 2.40. The number of rotatable bonds is 3. The van der Waals surface area contributed by atoms with Gasteiger partial charge in [-0.15, -0.1) is 0 Å². The monoisotopic (exact) mass is 269 g/mol. The molecule has 0 amide bonds. The smallest absolute Gasteiger partial charge is 0.131 e. The molecular weight excluding hydrogens is 246 g/mol. The topological polar surface area (TPSA) is 35.2 Å². The van der Waals surface area contributed by atoms with E-state index in [4.69, 9.17) is 10.5 Å². The largest absolute Gasteiger partial charge is 0.457 e. The molecule has 0 aromatic heterocycles. The Morgan fingerprint density at radius 2 is 1.65 bits per heavy atom. The summed E-state index contributed by atoms with van der Waals surface area (Å²) >= 11 is 0. The number of aryl methyl sites for hydroxylation is 1. The Hall–Kier alpha value is -1.80. The van der Waals surface area contributed by atoms with E-state index in [2.05, 4.69) is 39.8 Å². The van der Waals surface area contributed by atoms with E-state index in [1.54, 1.807) is 0 Å². The highest BCUT2D eigenvalue weighted by Crippen LogP contribution is 2.34. The molecule has 0 fully saturated rings. The fourth-order valence-corrected chi connectivity index (χ4v) is 2.14. The predicted octanol–water partition coefficient (Wildman–Crippen LogP) is 4.54. The molecule has 0 saturated carbocycles. The Bertz CT molecular complexity index is 579. The molecule has 2 rings (SSSR count). The first-order valence-electron chi connectivity index (χ1n) is 6.98. The van der Waals surface area contributed by atoms with Crippen LogP contribution >= 0.6 is 0 Å². The van der Waals surface area contributed by atoms with Gasteiger partial charge in [-0.2, -0.15) is 0 Å². The lowest BCUT2D eigenvalue weighted by molar-refractivity contribution is 0.455. The first-order valence-corrected chi connectivity index (χ1v) is 6.98. The van der Waals surface area contributed by atoms with Crippen molar-refractivity contribution < 1.29 is 4.74 Å². The van der Waals surface area contributed by atoms with Crippen LogP contribution in [0.1, 0.15) is 37.5 Å². The Kier molecular flexibility index (Phi) is 4.15. The van der Waals surface area contributed by atoms with Crippen molar-refractivity contribution in [2.75, 3.05) is 0 Å². The summed E-state index contributed by atoms with van der Waals surface area (Å²) in [7, 11) is 0. The first kappa shape index (κ1) is 14.6. The fraction of sp³-hybridized carbons (Fsp3) is 0.333. The molecule has 106 valence electrons. The van der Waals surface area contributed by atoms with E-state index < -0.39 is 0 Å². The quantitative estimate of drug-likeness (QED) is 0.887. The molecule has 0 radical (unpaired) electrons. The Labute approximate surface area is 121 Å². The van der Waals surface area contributed by atoms with Gasteiger partial charge in [0.1, 0.15) is 11.5 Å². The maximum absolute atomic E-state index is 6.05. The molecule has 2 heteroatoms. The van der Waals surface area contributed by atoms with E-state index >= 15 is 0 Å². The van der Waals surface area contributed by atoms with Crippen LogP contribution in [0.15, 0.2) is 42.5 Å². The number of hydrogen-bond acceptors (Lipinski definition) is 2. The summed E-state index contributed by atoms with van der Waals surface area (Å²) in [4.78, 5) is 0. The average molecular weight is 269 g/mol. The van der Waals surface area contributed by atoms with Gasteiger partial charge in [0.25, 0.3) is 0 Å². The lowest BCUT2D eigenvalue weighted by atomic mass is 9.85. The molecule has 0 atom stereocenters. The van der Waals surface area contributed by atoms with E-state index in [1.165, 1.54) is 11.1 Å². The van der Waals surface area contributed by atoms with Crippen molar-refractivity contribution in [1.82, 2.24) is 0 Å². The normalized spacial score (nSPS) is 11.4. The minimum absolute atomic E-state index is 0.0541. The molecule has 2 aromatic rings. The van der Waals surface area contributed by atoms with Crippen molar-refractivity contribution in [3.8, 4) is 11.5 Å². The molecule has 2 aromatic carbocycles. The van der Waals surface area contributed by atoms with Crippen molar-refractivity contribution in [3.05, 3.63) is 59.2 Å². The highest BCUT2D eigenvalue weighted by atomic mass is 16.5. The molecule has 0 aliphatic heterocycles. The minimum Gasteiger partial charge on any atom is -0.457 e. The third-order valence-corrected chi connectivity index (χ3v) is 3.33. The number of benzene rings is 2. The van der Waals surface area contributed by atoms with Gasteiger partial charge in [-0.1, -0.05) is 50.6 Å². The van der Waals surface area contributed by atoms with Gasteiger partial charge in [-0.25, -0.2) is 0 Å². The fourth-order valence-electron chi connectivity index (χ4n) is 2.14. The van der Waals surface area contributed by atoms with Crippen LogP contribution in [0.25, 0.3) is 0 Å². The standard InChI is InChI=1S/C18H23NO/c1-13-5-10-17(16(11-13)18(2,3)4)20-15-8-6-14(12-19)7-9-15/h5-11H,12,19H2,1-4H3. The summed E-state index contributed by atoms with van der Waals surface area (Å²) in [5.74, 6) is 1.76. The van der Waals surface area contributed by atoms with E-state index in [9.17, 15) is 0 Å². The van der Waals surface area contributed by atoms with E-state index in [0.29, 0.717) is 6.54 Å². The van der Waals surface area contributed by atoms with Crippen molar-refractivity contribution >= 4 is 0 Å². The van der Waals surface area contributed by atoms with E-state index in [0.717, 1.165) is 17.1 Å². The van der Waals surface area contributed by atoms with Gasteiger partial charge in [0, 0.05) is 12.1 Å². The summed E-state index contributed by atoms with van der Waals surface area (Å²) in [6, 6.07) is 14.3. The maximum Gasteiger partial charge on any atom is 0.131 e. The number of nitrogens with two attached hydrogens (primary N) is 1. The summed E-state index contributed by atoms with van der Waals surface area (Å²) in [5, 5.41) is 0. The van der Waals surface area contributed by atoms with Crippen LogP contribution < -0.4 is 10.5 Å². The van der Waals surface area contributed by atoms with Crippen LogP contribution in [0.3, 0.4) is 0 Å². The molecule has 0 spiro atoms. The molecule has 20 heavy (non-hydrogen) atoms. The maximum atomic E-state index is 6.05. The summed E-state index contributed by atoms with van der Waals surface area (Å²) in [6.45, 7) is 9.26. The van der Waals surface area contributed by atoms with Gasteiger partial charge in [0.05, 0.1) is 0 Å². The Morgan fingerprint density at radius 1 is 1.00 bits per heavy atom. The lowest BCUT2D eigenvalue weighted by Gasteiger charge is -2.23. The third kappa shape index (κ3) is 3.40. The highest BCUT2D eigenvalue weighted by molar-refractivity contribution is 5.44. The molecule has 0 heterocycles. The van der Waals surface area contributed by atoms with Crippen LogP contribution in [0.4, 0.5) is 0 Å². The molecule has 2 N–H and O–H groups in total. The summed E-state index contributed by atoms with van der Waals surface area (Å²) in [5.41, 5.74) is 9.25. The van der Waals surface area contributed by atoms with E-state index in [-0.39, 0.29) is 5.41 Å². The Morgan fingerprint density at radius 3 is 2.20 bits per heavy atom. The second kappa shape index (κ2) is 5.68. The van der Waals surface area contributed by atoms with Crippen LogP contribution in [0.5, 0.6) is 11.5 Å². The molecule has 0 saturated heterocycles. The van der Waals surface area contributed by atoms with Gasteiger partial charge >= 0.3 is 0 Å². The zero-order chi connectivity index (χ0) is 14.8. The van der Waals surface area contributed by atoms with Gasteiger partial charge < -0.3 is 10.5 Å². The third-order valence-electron chi connectivity index (χ3n) is 3.33. The molecule has 0 unspecified atom stereocenters. The van der Waals surface area contributed by atoms with Crippen LogP contribution in [-0.4, -0.2) is 0 Å². The van der Waals surface area contributed by atoms with Gasteiger partial charge in [0.2, 0.25) is 0 Å². The lowest BCUT2D eigenvalue weighted by Crippen LogP contribution is -2.12.